The van der Waals surface area contributed by atoms with Gasteiger partial charge in [0.1, 0.15) is 0 Å². The Kier molecular flexibility index (Phi) is 5.33. The molecule has 6 heteroatoms. The lowest BCUT2D eigenvalue weighted by atomic mass is 9.96. The minimum atomic E-state index is -0.145. The van der Waals surface area contributed by atoms with Crippen LogP contribution in [0.2, 0.25) is 10.0 Å². The van der Waals surface area contributed by atoms with Crippen molar-refractivity contribution in [1.29, 1.82) is 0 Å². The normalized spacial score (nSPS) is 16.1. The van der Waals surface area contributed by atoms with Gasteiger partial charge in [0.2, 0.25) is 0 Å². The molecule has 2 heterocycles. The van der Waals surface area contributed by atoms with Crippen molar-refractivity contribution >= 4 is 40.9 Å². The van der Waals surface area contributed by atoms with E-state index in [-0.39, 0.29) is 5.91 Å². The Morgan fingerprint density at radius 2 is 1.86 bits per heavy atom. The van der Waals surface area contributed by atoms with E-state index >= 15 is 0 Å². The first-order valence-electron chi connectivity index (χ1n) is 9.09. The molecule has 0 aliphatic carbocycles. The van der Waals surface area contributed by atoms with E-state index in [4.69, 9.17) is 32.7 Å². The smallest absolute Gasteiger partial charge is 0.251 e. The number of fused-ring (bicyclic) bond motifs is 2. The summed E-state index contributed by atoms with van der Waals surface area (Å²) in [4.78, 5) is 14.4. The van der Waals surface area contributed by atoms with E-state index in [1.807, 2.05) is 12.1 Å². The van der Waals surface area contributed by atoms with Crippen LogP contribution >= 0.6 is 23.2 Å². The number of rotatable bonds is 2. The molecule has 0 bridgehead atoms. The van der Waals surface area contributed by atoms with Crippen molar-refractivity contribution in [2.75, 3.05) is 19.8 Å². The zero-order chi connectivity index (χ0) is 19.7. The molecular formula is C22H19Cl2NO3. The number of benzene rings is 2. The first kappa shape index (κ1) is 18.9. The molecule has 0 spiro atoms. The Hall–Kier alpha value is -2.43. The third-order valence-corrected chi connectivity index (χ3v) is 5.41. The van der Waals surface area contributed by atoms with Crippen LogP contribution in [0.4, 0.5) is 0 Å². The third kappa shape index (κ3) is 3.75. The largest absolute Gasteiger partial charge is 0.490 e. The average Bonchev–Trinajstić information content (AvgIpc) is 2.91. The molecule has 2 aromatic carbocycles. The van der Waals surface area contributed by atoms with Gasteiger partial charge in [-0.15, -0.1) is 0 Å². The molecule has 0 unspecified atom stereocenters. The average molecular weight is 416 g/mol. The second-order valence-electron chi connectivity index (χ2n) is 6.69. The zero-order valence-corrected chi connectivity index (χ0v) is 16.7. The predicted molar refractivity (Wildman–Crippen MR) is 112 cm³/mol. The fourth-order valence-corrected chi connectivity index (χ4v) is 3.84. The lowest BCUT2D eigenvalue weighted by Crippen LogP contribution is -2.33. The zero-order valence-electron chi connectivity index (χ0n) is 15.2. The summed E-state index contributed by atoms with van der Waals surface area (Å²) in [5.74, 6) is 1.32. The van der Waals surface area contributed by atoms with Crippen LogP contribution in [0.5, 0.6) is 11.5 Å². The van der Waals surface area contributed by atoms with Crippen molar-refractivity contribution < 1.29 is 14.3 Å². The molecule has 0 saturated carbocycles. The number of hydrogen-bond acceptors (Lipinski definition) is 3. The highest BCUT2D eigenvalue weighted by atomic mass is 35.5. The number of carbonyl (C=O) groups is 1. The molecule has 4 nitrogen and oxygen atoms in total. The maximum Gasteiger partial charge on any atom is 0.251 e. The van der Waals surface area contributed by atoms with E-state index in [0.29, 0.717) is 41.3 Å². The fraction of sp³-hybridized carbons (Fsp3) is 0.227. The van der Waals surface area contributed by atoms with E-state index in [1.54, 1.807) is 29.2 Å². The minimum absolute atomic E-state index is 0.145. The molecule has 2 aliphatic heterocycles. The number of amides is 1. The summed E-state index contributed by atoms with van der Waals surface area (Å²) in [6.07, 6.45) is 4.78. The monoisotopic (exact) mass is 415 g/mol. The van der Waals surface area contributed by atoms with Crippen LogP contribution in [0.25, 0.3) is 11.8 Å². The lowest BCUT2D eigenvalue weighted by molar-refractivity contribution is -0.123. The first-order chi connectivity index (χ1) is 13.5. The Balaban J connectivity index is 1.56. The van der Waals surface area contributed by atoms with Gasteiger partial charge >= 0.3 is 0 Å². The van der Waals surface area contributed by atoms with Crippen molar-refractivity contribution in [1.82, 2.24) is 4.90 Å². The molecule has 1 amide bonds. The fourth-order valence-electron chi connectivity index (χ4n) is 3.37. The highest BCUT2D eigenvalue weighted by Gasteiger charge is 2.26. The molecule has 0 fully saturated rings. The lowest BCUT2D eigenvalue weighted by Gasteiger charge is -2.30. The maximum atomic E-state index is 12.8. The molecule has 0 radical (unpaired) electrons. The summed E-state index contributed by atoms with van der Waals surface area (Å²) in [7, 11) is 0. The van der Waals surface area contributed by atoms with E-state index in [9.17, 15) is 4.79 Å². The van der Waals surface area contributed by atoms with E-state index in [2.05, 4.69) is 6.58 Å². The van der Waals surface area contributed by atoms with Gasteiger partial charge in [-0.3, -0.25) is 4.79 Å². The van der Waals surface area contributed by atoms with Gasteiger partial charge in [0.25, 0.3) is 5.91 Å². The van der Waals surface area contributed by atoms with Gasteiger partial charge in [0, 0.05) is 40.3 Å². The molecule has 0 atom stereocenters. The van der Waals surface area contributed by atoms with Crippen molar-refractivity contribution in [3.8, 4) is 11.5 Å². The van der Waals surface area contributed by atoms with Crippen molar-refractivity contribution in [3.05, 3.63) is 69.7 Å². The van der Waals surface area contributed by atoms with Gasteiger partial charge < -0.3 is 14.4 Å². The molecule has 2 aromatic rings. The first-order valence-corrected chi connectivity index (χ1v) is 9.85. The van der Waals surface area contributed by atoms with Crippen molar-refractivity contribution in [3.63, 3.8) is 0 Å². The van der Waals surface area contributed by atoms with E-state index in [1.165, 1.54) is 6.08 Å². The molecule has 28 heavy (non-hydrogen) atoms. The number of hydrogen-bond donors (Lipinski definition) is 0. The van der Waals surface area contributed by atoms with Crippen LogP contribution in [0, 0.1) is 0 Å². The Morgan fingerprint density at radius 3 is 2.61 bits per heavy atom. The van der Waals surface area contributed by atoms with Gasteiger partial charge in [-0.25, -0.2) is 0 Å². The van der Waals surface area contributed by atoms with E-state index < -0.39 is 0 Å². The Bertz CT molecular complexity index is 984. The number of nitrogens with zero attached hydrogens (tertiary/aromatic N) is 1. The van der Waals surface area contributed by atoms with Gasteiger partial charge in [0.05, 0.1) is 13.2 Å². The molecule has 0 saturated heterocycles. The maximum absolute atomic E-state index is 12.8. The standard InChI is InChI=1S/C22H19Cl2NO3/c1-14-18-13-21-20(27-9-2-10-28-21)11-16(18)7-8-25(14)22(26)6-4-15-3-5-17(23)12-19(15)24/h3-6,11-13H,1-2,7-10H2/b6-4+. The summed E-state index contributed by atoms with van der Waals surface area (Å²) in [6, 6.07) is 9.10. The highest BCUT2D eigenvalue weighted by Crippen LogP contribution is 2.38. The highest BCUT2D eigenvalue weighted by molar-refractivity contribution is 6.35. The Labute approximate surface area is 174 Å². The second-order valence-corrected chi connectivity index (χ2v) is 7.54. The summed E-state index contributed by atoms with van der Waals surface area (Å²) >= 11 is 12.1. The summed E-state index contributed by atoms with van der Waals surface area (Å²) in [6.45, 7) is 5.97. The van der Waals surface area contributed by atoms with Gasteiger partial charge in [-0.1, -0.05) is 35.8 Å². The van der Waals surface area contributed by atoms with Crippen molar-refractivity contribution in [2.45, 2.75) is 12.8 Å². The number of carbonyl (C=O) groups excluding carboxylic acids is 1. The van der Waals surface area contributed by atoms with Crippen LogP contribution in [-0.2, 0) is 11.2 Å². The molecular weight excluding hydrogens is 397 g/mol. The minimum Gasteiger partial charge on any atom is -0.490 e. The van der Waals surface area contributed by atoms with Crippen LogP contribution < -0.4 is 9.47 Å². The van der Waals surface area contributed by atoms with Crippen LogP contribution in [0.15, 0.2) is 43.0 Å². The van der Waals surface area contributed by atoms with E-state index in [0.717, 1.165) is 35.3 Å². The molecule has 0 aromatic heterocycles. The summed E-state index contributed by atoms with van der Waals surface area (Å²) in [5, 5.41) is 1.05. The molecule has 4 rings (SSSR count). The third-order valence-electron chi connectivity index (χ3n) is 4.85. The molecule has 144 valence electrons. The Morgan fingerprint density at radius 1 is 1.11 bits per heavy atom. The van der Waals surface area contributed by atoms with Gasteiger partial charge in [-0.2, -0.15) is 0 Å². The summed E-state index contributed by atoms with van der Waals surface area (Å²) < 4.78 is 11.5. The van der Waals surface area contributed by atoms with Crippen LogP contribution in [-0.4, -0.2) is 30.6 Å². The second kappa shape index (κ2) is 7.90. The van der Waals surface area contributed by atoms with Crippen molar-refractivity contribution in [2.24, 2.45) is 0 Å². The van der Waals surface area contributed by atoms with Crippen LogP contribution in [0.3, 0.4) is 0 Å². The van der Waals surface area contributed by atoms with Gasteiger partial charge in [0.15, 0.2) is 11.5 Å². The molecule has 2 aliphatic rings. The predicted octanol–water partition coefficient (Wildman–Crippen LogP) is 5.22. The quantitative estimate of drug-likeness (QED) is 0.630. The van der Waals surface area contributed by atoms with Gasteiger partial charge in [-0.05, 0) is 47.9 Å². The topological polar surface area (TPSA) is 38.8 Å². The molecule has 0 N–H and O–H groups in total. The number of halogens is 2. The summed E-state index contributed by atoms with van der Waals surface area (Å²) in [5.41, 5.74) is 3.43. The SMILES string of the molecule is C=C1c2cc3c(cc2CCN1C(=O)/C=C/c1ccc(Cl)cc1Cl)OCCCO3. The number of ether oxygens (including phenoxy) is 2. The van der Waals surface area contributed by atoms with Crippen LogP contribution in [0.1, 0.15) is 23.1 Å².